The Balaban J connectivity index is 0.000000127. The van der Waals surface area contributed by atoms with E-state index < -0.39 is 5.97 Å². The number of nitrogens with one attached hydrogen (secondary N) is 4. The van der Waals surface area contributed by atoms with Crippen LogP contribution in [-0.2, 0) is 9.47 Å². The molecule has 19 heteroatoms. The van der Waals surface area contributed by atoms with E-state index in [2.05, 4.69) is 68.1 Å². The number of nitrogens with zero attached hydrogens (tertiary/aromatic N) is 6. The molecule has 508 valence electrons. The van der Waals surface area contributed by atoms with Gasteiger partial charge in [-0.15, -0.1) is 0 Å². The number of imidazole rings is 3. The minimum absolute atomic E-state index is 0.0776. The number of amides is 1. The second-order valence-corrected chi connectivity index (χ2v) is 27.7. The summed E-state index contributed by atoms with van der Waals surface area (Å²) in [7, 11) is 0. The lowest BCUT2D eigenvalue weighted by Crippen LogP contribution is -2.48. The predicted molar refractivity (Wildman–Crippen MR) is 378 cm³/mol. The number of aromatic nitrogens is 9. The zero-order valence-electron chi connectivity index (χ0n) is 56.0. The Labute approximate surface area is 571 Å². The average molecular weight is 1340 g/mol. The number of aromatic amines is 3. The van der Waals surface area contributed by atoms with Gasteiger partial charge < -0.3 is 34.8 Å². The molecule has 1 saturated heterocycles. The fraction of sp³-hybridized carbons (Fsp3) is 0.362. The lowest BCUT2D eigenvalue weighted by atomic mass is 9.73. The van der Waals surface area contributed by atoms with Crippen molar-refractivity contribution >= 4 is 83.7 Å². The lowest BCUT2D eigenvalue weighted by molar-refractivity contribution is -0.00346. The molecular formula is C80H81F3N10O6. The molecule has 99 heavy (non-hydrogen) atoms. The Morgan fingerprint density at radius 3 is 1.17 bits per heavy atom. The summed E-state index contributed by atoms with van der Waals surface area (Å²) in [6, 6.07) is 36.9. The molecule has 4 fully saturated rings. The molecule has 0 bridgehead atoms. The van der Waals surface area contributed by atoms with Crippen LogP contribution < -0.4 is 5.32 Å². The molecule has 1 amide bonds. The maximum atomic E-state index is 13.9. The minimum atomic E-state index is -0.937. The zero-order valence-corrected chi connectivity index (χ0v) is 56.0. The predicted octanol–water partition coefficient (Wildman–Crippen LogP) is 18.0. The van der Waals surface area contributed by atoms with E-state index in [0.29, 0.717) is 72.4 Å². The molecule has 16 nitrogen and oxygen atoms in total. The molecule has 3 aliphatic carbocycles. The van der Waals surface area contributed by atoms with Crippen molar-refractivity contribution in [3.05, 3.63) is 214 Å². The summed E-state index contributed by atoms with van der Waals surface area (Å²) in [4.78, 5) is 73.6. The first-order valence-electron chi connectivity index (χ1n) is 35.0. The third kappa shape index (κ3) is 14.4. The van der Waals surface area contributed by atoms with E-state index in [1.165, 1.54) is 34.9 Å². The molecule has 16 rings (SSSR count). The molecule has 3 saturated carbocycles. The highest BCUT2D eigenvalue weighted by Gasteiger charge is 2.33. The fourth-order valence-corrected chi connectivity index (χ4v) is 15.9. The number of aromatic carboxylic acids is 1. The van der Waals surface area contributed by atoms with Crippen LogP contribution >= 0.6 is 0 Å². The summed E-state index contributed by atoms with van der Waals surface area (Å²) in [5.74, 6) is 4.51. The van der Waals surface area contributed by atoms with Gasteiger partial charge >= 0.3 is 11.9 Å². The van der Waals surface area contributed by atoms with Gasteiger partial charge in [0, 0.05) is 58.1 Å². The maximum absolute atomic E-state index is 13.9. The fourth-order valence-electron chi connectivity index (χ4n) is 15.9. The van der Waals surface area contributed by atoms with E-state index in [9.17, 15) is 32.7 Å². The highest BCUT2D eigenvalue weighted by atomic mass is 19.1. The smallest absolute Gasteiger partial charge is 0.338 e. The molecule has 0 spiro atoms. The second-order valence-electron chi connectivity index (χ2n) is 27.7. The largest absolute Gasteiger partial charge is 0.478 e. The van der Waals surface area contributed by atoms with E-state index in [1.54, 1.807) is 67.6 Å². The Bertz CT molecular complexity index is 4950. The second kappa shape index (κ2) is 28.9. The van der Waals surface area contributed by atoms with Crippen molar-refractivity contribution in [1.82, 2.24) is 50.2 Å². The Hall–Kier alpha value is -9.88. The monoisotopic (exact) mass is 1330 g/mol. The number of esters is 1. The summed E-state index contributed by atoms with van der Waals surface area (Å²) >= 11 is 0. The zero-order chi connectivity index (χ0) is 68.4. The van der Waals surface area contributed by atoms with E-state index in [-0.39, 0.29) is 52.8 Å². The van der Waals surface area contributed by atoms with Crippen molar-refractivity contribution in [3.8, 4) is 0 Å². The van der Waals surface area contributed by atoms with E-state index in [4.69, 9.17) is 24.4 Å². The van der Waals surface area contributed by atoms with Crippen LogP contribution in [0.4, 0.5) is 13.2 Å². The molecule has 7 heterocycles. The van der Waals surface area contributed by atoms with Crippen LogP contribution in [0, 0.1) is 35.2 Å². The summed E-state index contributed by atoms with van der Waals surface area (Å²) in [5.41, 5.74) is 12.7. The number of carboxylic acids is 1. The first-order chi connectivity index (χ1) is 48.1. The van der Waals surface area contributed by atoms with Crippen LogP contribution in [-0.4, -0.2) is 93.7 Å². The van der Waals surface area contributed by atoms with Crippen LogP contribution in [0.3, 0.4) is 0 Å². The normalized spacial score (nSPS) is 20.5. The van der Waals surface area contributed by atoms with Gasteiger partial charge in [-0.2, -0.15) is 0 Å². The summed E-state index contributed by atoms with van der Waals surface area (Å²) in [6.45, 7) is 9.98. The Morgan fingerprint density at radius 1 is 0.475 bits per heavy atom. The first-order valence-corrected chi connectivity index (χ1v) is 35.0. The molecule has 12 aromatic rings. The van der Waals surface area contributed by atoms with Gasteiger partial charge in [0.2, 0.25) is 0 Å². The van der Waals surface area contributed by atoms with E-state index in [1.807, 2.05) is 55.0 Å². The molecule has 0 radical (unpaired) electrons. The van der Waals surface area contributed by atoms with Crippen LogP contribution in [0.15, 0.2) is 146 Å². The Morgan fingerprint density at radius 2 is 0.818 bits per heavy atom. The maximum Gasteiger partial charge on any atom is 0.338 e. The quantitative estimate of drug-likeness (QED) is 0.0641. The van der Waals surface area contributed by atoms with Crippen LogP contribution in [0.2, 0.25) is 0 Å². The number of rotatable bonds is 14. The van der Waals surface area contributed by atoms with Crippen molar-refractivity contribution in [3.63, 3.8) is 0 Å². The Kier molecular flexibility index (Phi) is 19.4. The van der Waals surface area contributed by atoms with Gasteiger partial charge in [0.05, 0.1) is 86.6 Å². The molecule has 1 aliphatic heterocycles. The highest BCUT2D eigenvalue weighted by molar-refractivity contribution is 5.98. The molecule has 3 atom stereocenters. The molecule has 4 aliphatic rings. The van der Waals surface area contributed by atoms with Crippen molar-refractivity contribution in [2.24, 2.45) is 17.8 Å². The SMILES string of the molecule is CC(c1nc2ccc(C(=O)NC3COC3)cc2[nH]1)C1CCC(c2ccnc3ccc(F)cc23)CC1.CC(c1nc2ccc(C(=O)O)cc2[nH]1)C1CCC(c2ccnc3ccc(F)cc23)CC1.CCOC(=O)c1ccc2nc(C(C)C3CCC(c4ccnc5ccc(F)cc45)CC3)[nH]c2c1. The standard InChI is InChI=1S/C28H29FN4O2.C27H28FN3O2.C25H24FN3O2/c1-16(27-32-25-8-6-19(12-26(25)33-27)28(34)31-21-14-35-15-21)17-2-4-18(5-3-17)22-10-11-30-24-9-7-20(29)13-23(22)24;1-3-33-27(32)19-8-10-24-25(14-19)31-26(30-24)16(2)17-4-6-18(7-5-17)21-12-13-29-23-11-9-20(28)15-22(21)23;1-14(24-28-22-8-6-17(25(30)31)12-23(22)29-24)15-2-4-16(5-3-15)19-10-11-27-21-9-7-18(26)13-20(19)21/h6-13,16-18,21H,2-5,14-15H2,1H3,(H,31,34)(H,32,33);8-18H,3-7H2,1-2H3,(H,30,31);6-16H,2-5H2,1H3,(H,28,29)(H,30,31). The number of carbonyl (C=O) groups is 3. The van der Waals surface area contributed by atoms with Gasteiger partial charge in [-0.3, -0.25) is 19.7 Å². The van der Waals surface area contributed by atoms with Gasteiger partial charge in [0.1, 0.15) is 34.9 Å². The number of ether oxygens (including phenoxy) is 2. The molecule has 6 aromatic heterocycles. The third-order valence-corrected chi connectivity index (χ3v) is 21.8. The molecule has 5 N–H and O–H groups in total. The van der Waals surface area contributed by atoms with Crippen LogP contribution in [0.25, 0.3) is 65.8 Å². The highest BCUT2D eigenvalue weighted by Crippen LogP contribution is 2.46. The number of benzene rings is 6. The number of hydrogen-bond acceptors (Lipinski definition) is 11. The van der Waals surface area contributed by atoms with Crippen molar-refractivity contribution in [2.45, 2.75) is 146 Å². The van der Waals surface area contributed by atoms with E-state index in [0.717, 1.165) is 160 Å². The number of pyridine rings is 3. The van der Waals surface area contributed by atoms with Crippen molar-refractivity contribution < 1.29 is 42.1 Å². The van der Waals surface area contributed by atoms with Crippen molar-refractivity contribution in [1.29, 1.82) is 0 Å². The van der Waals surface area contributed by atoms with E-state index >= 15 is 0 Å². The number of halogens is 3. The van der Waals surface area contributed by atoms with Gasteiger partial charge in [-0.25, -0.2) is 37.7 Å². The number of carboxylic acid groups (broad SMARTS) is 1. The van der Waals surface area contributed by atoms with Gasteiger partial charge in [-0.05, 0) is 264 Å². The summed E-state index contributed by atoms with van der Waals surface area (Å²) in [5, 5.41) is 15.0. The van der Waals surface area contributed by atoms with Gasteiger partial charge in [-0.1, -0.05) is 20.8 Å². The van der Waals surface area contributed by atoms with Crippen molar-refractivity contribution in [2.75, 3.05) is 19.8 Å². The minimum Gasteiger partial charge on any atom is -0.478 e. The number of carbonyl (C=O) groups excluding carboxylic acids is 2. The lowest BCUT2D eigenvalue weighted by Gasteiger charge is -2.32. The average Bonchev–Trinajstić information content (AvgIpc) is 1.14. The summed E-state index contributed by atoms with van der Waals surface area (Å²) in [6.07, 6.45) is 18.4. The molecule has 3 unspecified atom stereocenters. The van der Waals surface area contributed by atoms with Gasteiger partial charge in [0.15, 0.2) is 0 Å². The summed E-state index contributed by atoms with van der Waals surface area (Å²) < 4.78 is 51.8. The first kappa shape index (κ1) is 66.4. The van der Waals surface area contributed by atoms with Crippen LogP contribution in [0.1, 0.15) is 205 Å². The van der Waals surface area contributed by atoms with Crippen LogP contribution in [0.5, 0.6) is 0 Å². The number of fused-ring (bicyclic) bond motifs is 6. The molecular weight excluding hydrogens is 1250 g/mol. The number of H-pyrrole nitrogens is 3. The topological polar surface area (TPSA) is 227 Å². The van der Waals surface area contributed by atoms with Gasteiger partial charge in [0.25, 0.3) is 5.91 Å². The molecule has 6 aromatic carbocycles. The third-order valence-electron chi connectivity index (χ3n) is 21.8. The number of hydrogen-bond donors (Lipinski definition) is 5.